The molecule has 0 bridgehead atoms. The van der Waals surface area contributed by atoms with Crippen molar-refractivity contribution in [2.45, 2.75) is 13.8 Å². The number of esters is 1. The van der Waals surface area contributed by atoms with Crippen LogP contribution in [0.2, 0.25) is 0 Å². The zero-order chi connectivity index (χ0) is 21.1. The summed E-state index contributed by atoms with van der Waals surface area (Å²) in [5.41, 5.74) is 4.08. The highest BCUT2D eigenvalue weighted by Gasteiger charge is 2.21. The lowest BCUT2D eigenvalue weighted by Gasteiger charge is -2.33. The quantitative estimate of drug-likeness (QED) is 0.659. The minimum absolute atomic E-state index is 0.150. The molecule has 0 unspecified atom stereocenters. The molecule has 7 heteroatoms. The third kappa shape index (κ3) is 4.36. The van der Waals surface area contributed by atoms with Crippen molar-refractivity contribution in [3.05, 3.63) is 53.6 Å². The van der Waals surface area contributed by atoms with E-state index in [2.05, 4.69) is 21.8 Å². The normalized spacial score (nSPS) is 14.8. The Bertz CT molecular complexity index is 1050. The van der Waals surface area contributed by atoms with E-state index < -0.39 is 5.97 Å². The van der Waals surface area contributed by atoms with E-state index in [1.807, 2.05) is 31.2 Å². The van der Waals surface area contributed by atoms with Crippen LogP contribution < -0.4 is 0 Å². The molecule has 1 N–H and O–H groups in total. The smallest absolute Gasteiger partial charge is 0.338 e. The van der Waals surface area contributed by atoms with Crippen molar-refractivity contribution in [1.29, 1.82) is 0 Å². The lowest BCUT2D eigenvalue weighted by Crippen LogP contribution is -2.49. The lowest BCUT2D eigenvalue weighted by molar-refractivity contribution is -0.136. The number of likely N-dealkylation sites (N-methyl/N-ethyl adjacent to an activating group) is 1. The molecule has 0 spiro atoms. The summed E-state index contributed by atoms with van der Waals surface area (Å²) < 4.78 is 5.27. The van der Waals surface area contributed by atoms with Crippen molar-refractivity contribution >= 4 is 22.9 Å². The number of H-pyrrole nitrogens is 1. The summed E-state index contributed by atoms with van der Waals surface area (Å²) in [5.74, 6) is 0.0872. The van der Waals surface area contributed by atoms with Crippen molar-refractivity contribution in [1.82, 2.24) is 19.8 Å². The highest BCUT2D eigenvalue weighted by molar-refractivity contribution is 5.95. The third-order valence-corrected chi connectivity index (χ3v) is 5.54. The van der Waals surface area contributed by atoms with E-state index in [1.165, 1.54) is 5.56 Å². The SMILES string of the molecule is CCN1CCN(C(=O)COC(=O)c2ccc3nc(-c4ccc(C)cc4)[nH]c3c2)CC1. The summed E-state index contributed by atoms with van der Waals surface area (Å²) in [5, 5.41) is 0. The van der Waals surface area contributed by atoms with Crippen LogP contribution in [0.15, 0.2) is 42.5 Å². The van der Waals surface area contributed by atoms with Crippen molar-refractivity contribution in [2.75, 3.05) is 39.3 Å². The second kappa shape index (κ2) is 8.67. The molecule has 1 aliphatic rings. The van der Waals surface area contributed by atoms with Gasteiger partial charge in [0.15, 0.2) is 6.61 Å². The van der Waals surface area contributed by atoms with Crippen LogP contribution in [0.4, 0.5) is 0 Å². The summed E-state index contributed by atoms with van der Waals surface area (Å²) in [6.07, 6.45) is 0. The predicted molar refractivity (Wildman–Crippen MR) is 115 cm³/mol. The Kier molecular flexibility index (Phi) is 5.81. The molecule has 3 aromatic rings. The van der Waals surface area contributed by atoms with E-state index in [-0.39, 0.29) is 12.5 Å². The molecule has 156 valence electrons. The van der Waals surface area contributed by atoms with Crippen LogP contribution in [0.5, 0.6) is 0 Å². The number of fused-ring (bicyclic) bond motifs is 1. The third-order valence-electron chi connectivity index (χ3n) is 5.54. The van der Waals surface area contributed by atoms with Gasteiger partial charge in [-0.2, -0.15) is 0 Å². The van der Waals surface area contributed by atoms with Crippen LogP contribution >= 0.6 is 0 Å². The van der Waals surface area contributed by atoms with Crippen LogP contribution in [0.3, 0.4) is 0 Å². The van der Waals surface area contributed by atoms with Crippen LogP contribution in [-0.2, 0) is 9.53 Å². The number of nitrogens with zero attached hydrogens (tertiary/aromatic N) is 3. The summed E-state index contributed by atoms with van der Waals surface area (Å²) in [6.45, 7) is 7.96. The van der Waals surface area contributed by atoms with Crippen molar-refractivity contribution in [2.24, 2.45) is 0 Å². The molecule has 1 fully saturated rings. The molecule has 4 rings (SSSR count). The second-order valence-electron chi connectivity index (χ2n) is 7.57. The van der Waals surface area contributed by atoms with Gasteiger partial charge in [0.25, 0.3) is 5.91 Å². The van der Waals surface area contributed by atoms with Crippen LogP contribution in [-0.4, -0.2) is 71.0 Å². The Morgan fingerprint density at radius 1 is 1.07 bits per heavy atom. The number of imidazole rings is 1. The maximum atomic E-state index is 12.5. The van der Waals surface area contributed by atoms with Gasteiger partial charge >= 0.3 is 5.97 Å². The number of hydrogen-bond acceptors (Lipinski definition) is 5. The number of aromatic amines is 1. The van der Waals surface area contributed by atoms with E-state index in [1.54, 1.807) is 23.1 Å². The van der Waals surface area contributed by atoms with Gasteiger partial charge in [-0.05, 0) is 31.7 Å². The maximum absolute atomic E-state index is 12.5. The fourth-order valence-electron chi connectivity index (χ4n) is 3.60. The number of aryl methyl sites for hydroxylation is 1. The van der Waals surface area contributed by atoms with Crippen LogP contribution in [0.25, 0.3) is 22.4 Å². The monoisotopic (exact) mass is 406 g/mol. The molecule has 0 aliphatic carbocycles. The minimum atomic E-state index is -0.510. The van der Waals surface area contributed by atoms with Crippen LogP contribution in [0.1, 0.15) is 22.8 Å². The van der Waals surface area contributed by atoms with Gasteiger partial charge in [0.05, 0.1) is 16.6 Å². The number of aromatic nitrogens is 2. The first kappa shape index (κ1) is 20.1. The maximum Gasteiger partial charge on any atom is 0.338 e. The average Bonchev–Trinajstić information content (AvgIpc) is 3.21. The van der Waals surface area contributed by atoms with E-state index in [0.29, 0.717) is 18.7 Å². The molecule has 0 atom stereocenters. The first-order valence-electron chi connectivity index (χ1n) is 10.3. The van der Waals surface area contributed by atoms with Gasteiger partial charge in [-0.25, -0.2) is 9.78 Å². The molecule has 0 saturated carbocycles. The molecule has 1 aliphatic heterocycles. The number of hydrogen-bond donors (Lipinski definition) is 1. The van der Waals surface area contributed by atoms with Gasteiger partial charge in [0.1, 0.15) is 5.82 Å². The molecule has 2 heterocycles. The van der Waals surface area contributed by atoms with E-state index >= 15 is 0 Å². The number of amides is 1. The number of carbonyl (C=O) groups is 2. The number of rotatable bonds is 5. The number of ether oxygens (including phenoxy) is 1. The number of benzene rings is 2. The van der Waals surface area contributed by atoms with E-state index in [0.717, 1.165) is 42.1 Å². The topological polar surface area (TPSA) is 78.5 Å². The molecule has 1 amide bonds. The fourth-order valence-corrected chi connectivity index (χ4v) is 3.60. The number of piperazine rings is 1. The molecule has 1 aromatic heterocycles. The molecule has 2 aromatic carbocycles. The molecule has 7 nitrogen and oxygen atoms in total. The zero-order valence-electron chi connectivity index (χ0n) is 17.4. The van der Waals surface area contributed by atoms with Gasteiger partial charge in [-0.15, -0.1) is 0 Å². The Balaban J connectivity index is 1.39. The largest absolute Gasteiger partial charge is 0.452 e. The highest BCUT2D eigenvalue weighted by atomic mass is 16.5. The fraction of sp³-hybridized carbons (Fsp3) is 0.348. The first-order chi connectivity index (χ1) is 14.5. The van der Waals surface area contributed by atoms with Gasteiger partial charge in [0.2, 0.25) is 0 Å². The standard InChI is InChI=1S/C23H26N4O3/c1-3-26-10-12-27(13-11-26)21(28)15-30-23(29)18-8-9-19-20(14-18)25-22(24-19)17-6-4-16(2)5-7-17/h4-9,14H,3,10-13,15H2,1-2H3,(H,24,25). The molecule has 1 saturated heterocycles. The predicted octanol–water partition coefficient (Wildman–Crippen LogP) is 2.86. The zero-order valence-corrected chi connectivity index (χ0v) is 17.4. The Morgan fingerprint density at radius 2 is 1.80 bits per heavy atom. The lowest BCUT2D eigenvalue weighted by atomic mass is 10.1. The van der Waals surface area contributed by atoms with Crippen molar-refractivity contribution < 1.29 is 14.3 Å². The molecule has 30 heavy (non-hydrogen) atoms. The van der Waals surface area contributed by atoms with Crippen molar-refractivity contribution in [3.8, 4) is 11.4 Å². The highest BCUT2D eigenvalue weighted by Crippen LogP contribution is 2.22. The summed E-state index contributed by atoms with van der Waals surface area (Å²) in [6, 6.07) is 13.3. The van der Waals surface area contributed by atoms with Crippen molar-refractivity contribution in [3.63, 3.8) is 0 Å². The van der Waals surface area contributed by atoms with Gasteiger partial charge in [-0.1, -0.05) is 36.8 Å². The molecule has 0 radical (unpaired) electrons. The number of carbonyl (C=O) groups excluding carboxylic acids is 2. The average molecular weight is 406 g/mol. The molecular formula is C23H26N4O3. The summed E-state index contributed by atoms with van der Waals surface area (Å²) in [7, 11) is 0. The second-order valence-corrected chi connectivity index (χ2v) is 7.57. The van der Waals surface area contributed by atoms with Gasteiger partial charge in [-0.3, -0.25) is 4.79 Å². The summed E-state index contributed by atoms with van der Waals surface area (Å²) >= 11 is 0. The van der Waals surface area contributed by atoms with E-state index in [4.69, 9.17) is 4.74 Å². The first-order valence-corrected chi connectivity index (χ1v) is 10.3. The minimum Gasteiger partial charge on any atom is -0.452 e. The Hall–Kier alpha value is -3.19. The Labute approximate surface area is 175 Å². The van der Waals surface area contributed by atoms with Gasteiger partial charge in [0, 0.05) is 31.7 Å². The van der Waals surface area contributed by atoms with Gasteiger partial charge < -0.3 is 19.5 Å². The van der Waals surface area contributed by atoms with Crippen LogP contribution in [0, 0.1) is 6.92 Å². The van der Waals surface area contributed by atoms with E-state index in [9.17, 15) is 9.59 Å². The number of nitrogens with one attached hydrogen (secondary N) is 1. The Morgan fingerprint density at radius 3 is 2.50 bits per heavy atom. The molecular weight excluding hydrogens is 380 g/mol. The summed E-state index contributed by atoms with van der Waals surface area (Å²) in [4.78, 5) is 36.7.